The molecule has 10 heteroatoms. The zero-order valence-corrected chi connectivity index (χ0v) is 18.5. The van der Waals surface area contributed by atoms with Crippen molar-refractivity contribution in [1.29, 1.82) is 0 Å². The van der Waals surface area contributed by atoms with E-state index in [1.807, 2.05) is 32.0 Å². The van der Waals surface area contributed by atoms with E-state index in [9.17, 15) is 4.79 Å². The molecule has 29 heavy (non-hydrogen) atoms. The van der Waals surface area contributed by atoms with E-state index in [-0.39, 0.29) is 18.0 Å². The third-order valence-electron chi connectivity index (χ3n) is 4.90. The summed E-state index contributed by atoms with van der Waals surface area (Å²) in [4.78, 5) is 16.1. The van der Waals surface area contributed by atoms with Gasteiger partial charge in [-0.1, -0.05) is 16.8 Å². The van der Waals surface area contributed by atoms with Crippen LogP contribution in [0.4, 0.5) is 9.80 Å². The van der Waals surface area contributed by atoms with E-state index in [1.54, 1.807) is 11.3 Å². The molecule has 0 saturated carbocycles. The minimum absolute atomic E-state index is 0.0223. The van der Waals surface area contributed by atoms with Gasteiger partial charge in [-0.05, 0) is 50.0 Å². The summed E-state index contributed by atoms with van der Waals surface area (Å²) in [6.45, 7) is 6.21. The first kappa shape index (κ1) is 20.3. The third kappa shape index (κ3) is 5.16. The first-order chi connectivity index (χ1) is 14.0. The molecule has 2 N–H and O–H groups in total. The summed E-state index contributed by atoms with van der Waals surface area (Å²) in [5, 5.41) is 10.9. The van der Waals surface area contributed by atoms with Crippen LogP contribution < -0.4 is 10.6 Å². The number of hydrogen-bond acceptors (Lipinski definition) is 7. The van der Waals surface area contributed by atoms with Crippen LogP contribution in [0, 0.1) is 13.8 Å². The molecule has 2 amide bonds. The number of carbonyl (C=O) groups excluding carboxylic acids is 1. The molecule has 2 atom stereocenters. The van der Waals surface area contributed by atoms with Crippen molar-refractivity contribution < 1.29 is 9.32 Å². The van der Waals surface area contributed by atoms with Crippen LogP contribution in [0.15, 0.2) is 28.8 Å². The minimum Gasteiger partial charge on any atom is -0.361 e. The Hall–Kier alpha value is -1.94. The number of urea groups is 1. The van der Waals surface area contributed by atoms with Crippen molar-refractivity contribution in [1.82, 2.24) is 19.7 Å². The number of likely N-dealkylation sites (tertiary alicyclic amines) is 1. The van der Waals surface area contributed by atoms with Gasteiger partial charge in [0.1, 0.15) is 10.8 Å². The fourth-order valence-electron chi connectivity index (χ4n) is 3.61. The Balaban J connectivity index is 1.44. The molecule has 154 valence electrons. The predicted molar refractivity (Wildman–Crippen MR) is 116 cm³/mol. The molecule has 7 nitrogen and oxygen atoms in total. The molecule has 0 spiro atoms. The number of aromatic nitrogens is 2. The largest absolute Gasteiger partial charge is 0.361 e. The second-order valence-electron chi connectivity index (χ2n) is 7.24. The highest BCUT2D eigenvalue weighted by Crippen LogP contribution is 2.34. The van der Waals surface area contributed by atoms with Crippen LogP contribution in [0.1, 0.15) is 34.4 Å². The predicted octanol–water partition coefficient (Wildman–Crippen LogP) is 4.64. The number of hydrogen-bond donors (Lipinski definition) is 2. The Morgan fingerprint density at radius 1 is 1.38 bits per heavy atom. The van der Waals surface area contributed by atoms with Crippen LogP contribution in [-0.4, -0.2) is 39.6 Å². The Kier molecular flexibility index (Phi) is 6.19. The van der Waals surface area contributed by atoms with Gasteiger partial charge < -0.3 is 9.84 Å². The highest BCUT2D eigenvalue weighted by atomic mass is 35.5. The molecule has 0 bridgehead atoms. The second kappa shape index (κ2) is 8.83. The molecule has 4 rings (SSSR count). The maximum absolute atomic E-state index is 12.5. The van der Waals surface area contributed by atoms with Crippen molar-refractivity contribution in [3.8, 4) is 0 Å². The van der Waals surface area contributed by atoms with Gasteiger partial charge in [0, 0.05) is 42.5 Å². The Labute approximate surface area is 182 Å². The average molecular weight is 452 g/mol. The number of nitrogens with one attached hydrogen (secondary N) is 2. The summed E-state index contributed by atoms with van der Waals surface area (Å²) in [6.07, 6.45) is 0.839. The van der Waals surface area contributed by atoms with Crippen molar-refractivity contribution in [2.24, 2.45) is 0 Å². The van der Waals surface area contributed by atoms with Gasteiger partial charge in [0.15, 0.2) is 0 Å². The molecule has 3 aromatic heterocycles. The van der Waals surface area contributed by atoms with Crippen LogP contribution in [0.5, 0.6) is 0 Å². The topological polar surface area (TPSA) is 83.3 Å². The number of piperidine rings is 1. The molecule has 0 aliphatic carbocycles. The second-order valence-corrected chi connectivity index (χ2v) is 9.79. The molecule has 1 aliphatic rings. The van der Waals surface area contributed by atoms with Crippen LogP contribution in [0.3, 0.4) is 0 Å². The molecule has 3 aromatic rings. The lowest BCUT2D eigenvalue weighted by molar-refractivity contribution is 0.166. The monoisotopic (exact) mass is 451 g/mol. The number of nitrogens with zero attached hydrogens (tertiary/aromatic N) is 3. The highest BCUT2D eigenvalue weighted by Gasteiger charge is 2.33. The van der Waals surface area contributed by atoms with Crippen LogP contribution in [-0.2, 0) is 6.54 Å². The molecule has 0 aromatic carbocycles. The van der Waals surface area contributed by atoms with Gasteiger partial charge in [-0.2, -0.15) is 4.37 Å². The zero-order chi connectivity index (χ0) is 20.4. The van der Waals surface area contributed by atoms with E-state index < -0.39 is 0 Å². The molecule has 0 radical (unpaired) electrons. The lowest BCUT2D eigenvalue weighted by Crippen LogP contribution is -2.50. The Morgan fingerprint density at radius 3 is 2.90 bits per heavy atom. The van der Waals surface area contributed by atoms with E-state index >= 15 is 0 Å². The standard InChI is InChI=1S/C19H22ClN5O2S2/c1-11-7-18(29-24-11)22-19(26)21-15-5-6-25(9-13-8-12(2)27-23-13)10-14(15)16-3-4-17(20)28-16/h3-4,7-8,14-15H,5-6,9-10H2,1-2H3,(H2,21,22,26)/t14-,15-/m1/s1. The summed E-state index contributed by atoms with van der Waals surface area (Å²) >= 11 is 9.04. The lowest BCUT2D eigenvalue weighted by atomic mass is 9.90. The van der Waals surface area contributed by atoms with Gasteiger partial charge in [0.2, 0.25) is 0 Å². The number of thiophene rings is 1. The van der Waals surface area contributed by atoms with Gasteiger partial charge in [-0.3, -0.25) is 10.2 Å². The molecular formula is C19H22ClN5O2S2. The maximum atomic E-state index is 12.5. The van der Waals surface area contributed by atoms with Gasteiger partial charge in [0.05, 0.1) is 15.7 Å². The Morgan fingerprint density at radius 2 is 2.24 bits per heavy atom. The SMILES string of the molecule is Cc1cc(NC(=O)N[C@@H]2CCN(Cc3cc(C)on3)C[C@H]2c2ccc(Cl)s2)sn1. The number of aryl methyl sites for hydroxylation is 2. The number of rotatable bonds is 5. The number of amides is 2. The van der Waals surface area contributed by atoms with Crippen molar-refractivity contribution in [3.63, 3.8) is 0 Å². The lowest BCUT2D eigenvalue weighted by Gasteiger charge is -2.38. The minimum atomic E-state index is -0.202. The van der Waals surface area contributed by atoms with Gasteiger partial charge >= 0.3 is 6.03 Å². The van der Waals surface area contributed by atoms with Crippen molar-refractivity contribution in [2.75, 3.05) is 18.4 Å². The van der Waals surface area contributed by atoms with Crippen LogP contribution in [0.25, 0.3) is 0 Å². The molecule has 0 unspecified atom stereocenters. The fraction of sp³-hybridized carbons (Fsp3) is 0.421. The normalized spacial score (nSPS) is 20.0. The van der Waals surface area contributed by atoms with E-state index in [0.717, 1.165) is 52.5 Å². The molecule has 4 heterocycles. The first-order valence-electron chi connectivity index (χ1n) is 9.37. The Bertz CT molecular complexity index is 985. The van der Waals surface area contributed by atoms with E-state index in [4.69, 9.17) is 16.1 Å². The molecular weight excluding hydrogens is 430 g/mol. The van der Waals surface area contributed by atoms with E-state index in [2.05, 4.69) is 31.1 Å². The van der Waals surface area contributed by atoms with Crippen LogP contribution in [0.2, 0.25) is 4.34 Å². The zero-order valence-electron chi connectivity index (χ0n) is 16.1. The smallest absolute Gasteiger partial charge is 0.320 e. The van der Waals surface area contributed by atoms with Crippen molar-refractivity contribution in [2.45, 2.75) is 38.8 Å². The summed E-state index contributed by atoms with van der Waals surface area (Å²) < 4.78 is 10.1. The third-order valence-corrected chi connectivity index (χ3v) is 7.06. The summed E-state index contributed by atoms with van der Waals surface area (Å²) in [7, 11) is 0. The van der Waals surface area contributed by atoms with Crippen molar-refractivity contribution >= 4 is 45.5 Å². The number of anilines is 1. The molecule has 1 fully saturated rings. The summed E-state index contributed by atoms with van der Waals surface area (Å²) in [6, 6.07) is 7.62. The van der Waals surface area contributed by atoms with Gasteiger partial charge in [-0.25, -0.2) is 4.79 Å². The first-order valence-corrected chi connectivity index (χ1v) is 11.3. The van der Waals surface area contributed by atoms with Crippen LogP contribution >= 0.6 is 34.5 Å². The van der Waals surface area contributed by atoms with Gasteiger partial charge in [0.25, 0.3) is 0 Å². The van der Waals surface area contributed by atoms with E-state index in [0.29, 0.717) is 0 Å². The average Bonchev–Trinajstić information content (AvgIpc) is 3.39. The quantitative estimate of drug-likeness (QED) is 0.590. The maximum Gasteiger partial charge on any atom is 0.320 e. The van der Waals surface area contributed by atoms with Gasteiger partial charge in [-0.15, -0.1) is 11.3 Å². The number of carbonyl (C=O) groups is 1. The molecule has 1 aliphatic heterocycles. The summed E-state index contributed by atoms with van der Waals surface area (Å²) in [5.74, 6) is 0.969. The highest BCUT2D eigenvalue weighted by molar-refractivity contribution is 7.16. The summed E-state index contributed by atoms with van der Waals surface area (Å²) in [5.41, 5.74) is 1.82. The molecule has 1 saturated heterocycles. The van der Waals surface area contributed by atoms with Crippen molar-refractivity contribution in [3.05, 3.63) is 50.6 Å². The number of halogens is 1. The fourth-order valence-corrected chi connectivity index (χ4v) is 5.49. The van der Waals surface area contributed by atoms with E-state index in [1.165, 1.54) is 16.4 Å².